The summed E-state index contributed by atoms with van der Waals surface area (Å²) in [6, 6.07) is 2.48. The molecule has 14 heteroatoms. The molecule has 2 aromatic carbocycles. The first-order valence-electron chi connectivity index (χ1n) is 9.22. The van der Waals surface area contributed by atoms with Crippen LogP contribution < -0.4 is 4.74 Å². The third kappa shape index (κ3) is 4.53. The second-order valence-corrected chi connectivity index (χ2v) is 9.21. The molecule has 0 amide bonds. The van der Waals surface area contributed by atoms with E-state index in [4.69, 9.17) is 17.9 Å². The van der Waals surface area contributed by atoms with E-state index in [1.54, 1.807) is 0 Å². The Morgan fingerprint density at radius 3 is 2.32 bits per heavy atom. The number of halogens is 5. The van der Waals surface area contributed by atoms with E-state index in [1.165, 1.54) is 0 Å². The summed E-state index contributed by atoms with van der Waals surface area (Å²) in [6.45, 7) is 11.2. The molecule has 1 aliphatic rings. The first kappa shape index (κ1) is 25.3. The smallest absolute Gasteiger partial charge is 0.415 e. The third-order valence-electron chi connectivity index (χ3n) is 5.11. The van der Waals surface area contributed by atoms with E-state index in [0.29, 0.717) is 34.6 Å². The largest absolute Gasteiger partial charge is 0.483 e. The van der Waals surface area contributed by atoms with E-state index in [1.807, 2.05) is 0 Å². The molecule has 0 aromatic heterocycles. The minimum absolute atomic E-state index is 0.360. The maximum Gasteiger partial charge on any atom is 0.415 e. The van der Waals surface area contributed by atoms with Crippen molar-refractivity contribution in [3.05, 3.63) is 70.4 Å². The highest BCUT2D eigenvalue weighted by Crippen LogP contribution is 2.38. The summed E-state index contributed by atoms with van der Waals surface area (Å²) in [4.78, 5) is 4.84. The van der Waals surface area contributed by atoms with E-state index < -0.39 is 86.8 Å². The van der Waals surface area contributed by atoms with E-state index in [9.17, 15) is 40.6 Å². The summed E-state index contributed by atoms with van der Waals surface area (Å²) in [5, 5.41) is 20.3. The molecule has 2 aromatic rings. The molecule has 0 radical (unpaired) electrons. The van der Waals surface area contributed by atoms with E-state index in [2.05, 4.69) is 9.69 Å². The molecule has 8 nitrogen and oxygen atoms in total. The fourth-order valence-corrected chi connectivity index (χ4v) is 4.91. The van der Waals surface area contributed by atoms with Crippen molar-refractivity contribution >= 4 is 21.4 Å². The first-order valence-corrected chi connectivity index (χ1v) is 10.7. The number of benzene rings is 2. The molecule has 1 heterocycles. The predicted molar refractivity (Wildman–Crippen MR) is 106 cm³/mol. The second-order valence-electron chi connectivity index (χ2n) is 7.30. The highest BCUT2D eigenvalue weighted by atomic mass is 32.2. The van der Waals surface area contributed by atoms with Crippen molar-refractivity contribution in [2.75, 3.05) is 19.7 Å². The molecule has 1 saturated heterocycles. The number of aliphatic hydroxyl groups is 2. The summed E-state index contributed by atoms with van der Waals surface area (Å²) >= 11 is 0. The van der Waals surface area contributed by atoms with Crippen LogP contribution in [0.5, 0.6) is 5.75 Å². The number of aliphatic hydroxyl groups excluding tert-OH is 1. The fourth-order valence-electron chi connectivity index (χ4n) is 3.29. The number of alkyl halides is 3. The van der Waals surface area contributed by atoms with Crippen LogP contribution in [0.4, 0.5) is 33.3 Å². The van der Waals surface area contributed by atoms with Gasteiger partial charge in [0, 0.05) is 18.2 Å². The number of nitrogens with zero attached hydrogens (tertiary/aromatic N) is 3. The SMILES string of the molecule is [C-]#[N+]c1cc(F)c(O[C@H]2CN(S(=O)(=O)c3ccc(C(F)(F)F)cc3[N+]#[C-])C[C@@]2(O)CO)cc1F. The van der Waals surface area contributed by atoms with Crippen LogP contribution >= 0.6 is 0 Å². The minimum Gasteiger partial charge on any atom is -0.483 e. The normalized spacial score (nSPS) is 21.1. The average molecular weight is 503 g/mol. The van der Waals surface area contributed by atoms with Crippen LogP contribution in [0, 0.1) is 24.8 Å². The van der Waals surface area contributed by atoms with Crippen LogP contribution in [-0.4, -0.2) is 54.3 Å². The van der Waals surface area contributed by atoms with Crippen molar-refractivity contribution in [2.45, 2.75) is 22.8 Å². The molecule has 1 fully saturated rings. The number of ether oxygens (including phenoxy) is 1. The minimum atomic E-state index is -4.83. The van der Waals surface area contributed by atoms with Gasteiger partial charge >= 0.3 is 6.18 Å². The van der Waals surface area contributed by atoms with Crippen molar-refractivity contribution in [3.8, 4) is 5.75 Å². The topological polar surface area (TPSA) is 95.8 Å². The molecule has 1 aliphatic heterocycles. The number of β-amino-alcohol motifs (C(OH)–C–C–N with tert-alkyl or cyclic N) is 1. The van der Waals surface area contributed by atoms with E-state index in [0.717, 1.165) is 0 Å². The Morgan fingerprint density at radius 1 is 1.12 bits per heavy atom. The van der Waals surface area contributed by atoms with Crippen LogP contribution in [0.3, 0.4) is 0 Å². The molecular formula is C20H14F5N3O5S. The van der Waals surface area contributed by atoms with Crippen LogP contribution in [0.1, 0.15) is 5.56 Å². The standard InChI is InChI=1S/C20H14F5N3O5S/c1-26-14-6-13(22)16(7-12(14)21)33-18-8-28(9-19(18,30)10-29)34(31,32)17-4-3-11(20(23,24)25)5-15(17)27-2/h3-7,18,29-30H,8-10H2/t18-,19+/m0/s1. The zero-order chi connectivity index (χ0) is 25.5. The van der Waals surface area contributed by atoms with Gasteiger partial charge in [-0.1, -0.05) is 12.1 Å². The van der Waals surface area contributed by atoms with Gasteiger partial charge in [0.1, 0.15) is 17.5 Å². The van der Waals surface area contributed by atoms with Gasteiger partial charge in [-0.25, -0.2) is 26.9 Å². The lowest BCUT2D eigenvalue weighted by Gasteiger charge is -2.27. The van der Waals surface area contributed by atoms with E-state index in [-0.39, 0.29) is 0 Å². The number of hydrogen-bond acceptors (Lipinski definition) is 5. The van der Waals surface area contributed by atoms with Gasteiger partial charge in [0.25, 0.3) is 0 Å². The van der Waals surface area contributed by atoms with Gasteiger partial charge in [0.2, 0.25) is 21.4 Å². The number of sulfonamides is 1. The predicted octanol–water partition coefficient (Wildman–Crippen LogP) is 3.26. The van der Waals surface area contributed by atoms with Crippen LogP contribution in [0.2, 0.25) is 0 Å². The van der Waals surface area contributed by atoms with Crippen LogP contribution in [-0.2, 0) is 16.2 Å². The van der Waals surface area contributed by atoms with Crippen molar-refractivity contribution in [1.29, 1.82) is 0 Å². The van der Waals surface area contributed by atoms with Gasteiger partial charge < -0.3 is 14.9 Å². The summed E-state index contributed by atoms with van der Waals surface area (Å²) < 4.78 is 98.8. The van der Waals surface area contributed by atoms with Crippen molar-refractivity contribution in [1.82, 2.24) is 4.31 Å². The Labute approximate surface area is 190 Å². The third-order valence-corrected chi connectivity index (χ3v) is 6.97. The maximum absolute atomic E-state index is 14.2. The highest BCUT2D eigenvalue weighted by Gasteiger charge is 2.51. The van der Waals surface area contributed by atoms with E-state index >= 15 is 0 Å². The molecule has 3 rings (SSSR count). The molecule has 0 spiro atoms. The van der Waals surface area contributed by atoms with Crippen molar-refractivity contribution in [3.63, 3.8) is 0 Å². The molecule has 34 heavy (non-hydrogen) atoms. The van der Waals surface area contributed by atoms with Crippen molar-refractivity contribution < 1.29 is 45.3 Å². The molecule has 180 valence electrons. The highest BCUT2D eigenvalue weighted by molar-refractivity contribution is 7.89. The molecule has 2 atom stereocenters. The van der Waals surface area contributed by atoms with Gasteiger partial charge in [0.15, 0.2) is 11.6 Å². The Kier molecular flexibility index (Phi) is 6.56. The molecule has 0 saturated carbocycles. The van der Waals surface area contributed by atoms with Crippen LogP contribution in [0.15, 0.2) is 35.2 Å². The first-order chi connectivity index (χ1) is 15.8. The van der Waals surface area contributed by atoms with Gasteiger partial charge in [-0.15, -0.1) is 0 Å². The quantitative estimate of drug-likeness (QED) is 0.483. The lowest BCUT2D eigenvalue weighted by Crippen LogP contribution is -2.48. The Balaban J connectivity index is 1.97. The Morgan fingerprint density at radius 2 is 1.76 bits per heavy atom. The van der Waals surface area contributed by atoms with Crippen molar-refractivity contribution in [2.24, 2.45) is 0 Å². The van der Waals surface area contributed by atoms with Gasteiger partial charge in [0.05, 0.1) is 31.2 Å². The van der Waals surface area contributed by atoms with Gasteiger partial charge in [-0.2, -0.15) is 17.5 Å². The molecule has 0 aliphatic carbocycles. The molecular weight excluding hydrogens is 489 g/mol. The Hall–Kier alpha value is -3.30. The zero-order valence-electron chi connectivity index (χ0n) is 16.8. The molecule has 0 unspecified atom stereocenters. The lowest BCUT2D eigenvalue weighted by atomic mass is 10.0. The monoisotopic (exact) mass is 503 g/mol. The summed E-state index contributed by atoms with van der Waals surface area (Å²) in [5.74, 6) is -3.10. The zero-order valence-corrected chi connectivity index (χ0v) is 17.7. The molecule has 0 bridgehead atoms. The summed E-state index contributed by atoms with van der Waals surface area (Å²) in [7, 11) is -4.69. The Bertz CT molecular complexity index is 1320. The van der Waals surface area contributed by atoms with Crippen LogP contribution in [0.25, 0.3) is 9.69 Å². The fraction of sp³-hybridized carbons (Fsp3) is 0.300. The lowest BCUT2D eigenvalue weighted by molar-refractivity contribution is -0.137. The van der Waals surface area contributed by atoms with Gasteiger partial charge in [-0.3, -0.25) is 0 Å². The number of rotatable bonds is 5. The number of hydrogen-bond donors (Lipinski definition) is 2. The average Bonchev–Trinajstić information content (AvgIpc) is 3.12. The molecule has 2 N–H and O–H groups in total. The van der Waals surface area contributed by atoms with Gasteiger partial charge in [-0.05, 0) is 12.1 Å². The maximum atomic E-state index is 14.2. The summed E-state index contributed by atoms with van der Waals surface area (Å²) in [5.41, 5.74) is -5.02. The second kappa shape index (κ2) is 8.81. The summed E-state index contributed by atoms with van der Waals surface area (Å²) in [6.07, 6.45) is -6.46.